The minimum atomic E-state index is -3.57. The summed E-state index contributed by atoms with van der Waals surface area (Å²) in [6, 6.07) is 6.54. The summed E-state index contributed by atoms with van der Waals surface area (Å²) in [4.78, 5) is 12.4. The van der Waals surface area contributed by atoms with E-state index < -0.39 is 10.0 Å². The minimum Gasteiger partial charge on any atom is -0.495 e. The van der Waals surface area contributed by atoms with Crippen molar-refractivity contribution in [2.45, 2.75) is 4.90 Å². The maximum absolute atomic E-state index is 12.5. The number of hydrogen-bond donors (Lipinski definition) is 0. The second-order valence-corrected chi connectivity index (χ2v) is 6.10. The first-order chi connectivity index (χ1) is 9.09. The molecule has 1 heterocycles. The van der Waals surface area contributed by atoms with Crippen molar-refractivity contribution < 1.29 is 17.9 Å². The molecule has 1 amide bonds. The van der Waals surface area contributed by atoms with Crippen LogP contribution in [0.3, 0.4) is 0 Å². The van der Waals surface area contributed by atoms with Gasteiger partial charge < -0.3 is 9.64 Å². The molecule has 1 aromatic carbocycles. The van der Waals surface area contributed by atoms with E-state index in [-0.39, 0.29) is 4.90 Å². The number of hydrogen-bond acceptors (Lipinski definition) is 4. The van der Waals surface area contributed by atoms with Crippen LogP contribution in [0.4, 0.5) is 0 Å². The molecule has 0 radical (unpaired) electrons. The zero-order chi connectivity index (χ0) is 13.9. The lowest BCUT2D eigenvalue weighted by Crippen LogP contribution is -2.48. The van der Waals surface area contributed by atoms with Crippen molar-refractivity contribution in [3.8, 4) is 5.75 Å². The number of carbonyl (C=O) groups is 1. The van der Waals surface area contributed by atoms with E-state index in [1.807, 2.05) is 0 Å². The van der Waals surface area contributed by atoms with Crippen LogP contribution in [-0.2, 0) is 14.8 Å². The van der Waals surface area contributed by atoms with Gasteiger partial charge in [-0.1, -0.05) is 12.1 Å². The van der Waals surface area contributed by atoms with E-state index in [1.54, 1.807) is 23.1 Å². The Kier molecular flexibility index (Phi) is 4.06. The molecule has 1 fully saturated rings. The van der Waals surface area contributed by atoms with E-state index in [1.165, 1.54) is 17.5 Å². The summed E-state index contributed by atoms with van der Waals surface area (Å²) in [5.74, 6) is 0.334. The predicted octanol–water partition coefficient (Wildman–Crippen LogP) is 0.158. The lowest BCUT2D eigenvalue weighted by atomic mass is 10.3. The Morgan fingerprint density at radius 3 is 2.37 bits per heavy atom. The molecule has 0 bridgehead atoms. The van der Waals surface area contributed by atoms with Crippen molar-refractivity contribution in [2.75, 3.05) is 33.3 Å². The van der Waals surface area contributed by atoms with Crippen LogP contribution in [0, 0.1) is 0 Å². The van der Waals surface area contributed by atoms with Crippen LogP contribution in [-0.4, -0.2) is 57.3 Å². The van der Waals surface area contributed by atoms with Gasteiger partial charge in [-0.15, -0.1) is 0 Å². The molecule has 7 heteroatoms. The third-order valence-corrected chi connectivity index (χ3v) is 5.05. The average Bonchev–Trinajstić information content (AvgIpc) is 2.47. The van der Waals surface area contributed by atoms with Gasteiger partial charge in [0.1, 0.15) is 10.6 Å². The topological polar surface area (TPSA) is 66.9 Å². The van der Waals surface area contributed by atoms with E-state index in [0.29, 0.717) is 31.9 Å². The van der Waals surface area contributed by atoms with E-state index in [4.69, 9.17) is 4.74 Å². The number of benzene rings is 1. The lowest BCUT2D eigenvalue weighted by Gasteiger charge is -2.31. The van der Waals surface area contributed by atoms with Gasteiger partial charge in [0.15, 0.2) is 0 Å². The van der Waals surface area contributed by atoms with Gasteiger partial charge in [-0.2, -0.15) is 4.31 Å². The molecular formula is C12H16N2O4S. The van der Waals surface area contributed by atoms with Crippen LogP contribution in [0.1, 0.15) is 0 Å². The van der Waals surface area contributed by atoms with Crippen molar-refractivity contribution >= 4 is 16.4 Å². The fraction of sp³-hybridized carbons (Fsp3) is 0.417. The van der Waals surface area contributed by atoms with Gasteiger partial charge in [0.2, 0.25) is 16.4 Å². The molecule has 0 unspecified atom stereocenters. The fourth-order valence-corrected chi connectivity index (χ4v) is 3.60. The summed E-state index contributed by atoms with van der Waals surface area (Å²) in [5, 5.41) is 0. The highest BCUT2D eigenvalue weighted by Gasteiger charge is 2.30. The lowest BCUT2D eigenvalue weighted by molar-refractivity contribution is -0.119. The monoisotopic (exact) mass is 284 g/mol. The third kappa shape index (κ3) is 2.71. The highest BCUT2D eigenvalue weighted by atomic mass is 32.2. The Balaban J connectivity index is 2.26. The molecule has 1 aliphatic heterocycles. The second-order valence-electron chi connectivity index (χ2n) is 4.20. The summed E-state index contributed by atoms with van der Waals surface area (Å²) < 4.78 is 31.5. The van der Waals surface area contributed by atoms with Crippen molar-refractivity contribution in [3.63, 3.8) is 0 Å². The molecule has 1 aromatic rings. The molecule has 0 N–H and O–H groups in total. The van der Waals surface area contributed by atoms with Crippen LogP contribution in [0.5, 0.6) is 5.75 Å². The first-order valence-electron chi connectivity index (χ1n) is 5.92. The fourth-order valence-electron chi connectivity index (χ4n) is 2.02. The van der Waals surface area contributed by atoms with Crippen molar-refractivity contribution in [1.29, 1.82) is 0 Å². The number of nitrogens with zero attached hydrogens (tertiary/aromatic N) is 2. The first kappa shape index (κ1) is 13.8. The summed E-state index contributed by atoms with van der Waals surface area (Å²) in [6.07, 6.45) is 0.743. The number of methoxy groups -OCH3 is 1. The Labute approximate surface area is 112 Å². The maximum Gasteiger partial charge on any atom is 0.246 e. The van der Waals surface area contributed by atoms with E-state index in [0.717, 1.165) is 6.41 Å². The van der Waals surface area contributed by atoms with Crippen LogP contribution in [0.2, 0.25) is 0 Å². The van der Waals surface area contributed by atoms with Gasteiger partial charge in [0, 0.05) is 26.2 Å². The number of carbonyl (C=O) groups excluding carboxylic acids is 1. The third-order valence-electron chi connectivity index (χ3n) is 3.11. The summed E-state index contributed by atoms with van der Waals surface area (Å²) in [7, 11) is -2.13. The number of ether oxygens (including phenoxy) is 1. The molecule has 1 saturated heterocycles. The molecule has 104 valence electrons. The van der Waals surface area contributed by atoms with Crippen molar-refractivity contribution in [3.05, 3.63) is 24.3 Å². The van der Waals surface area contributed by atoms with Crippen LogP contribution < -0.4 is 4.74 Å². The SMILES string of the molecule is COc1ccccc1S(=O)(=O)N1CCN(C=O)CC1. The number of sulfonamides is 1. The zero-order valence-electron chi connectivity index (χ0n) is 10.7. The molecule has 0 atom stereocenters. The van der Waals surface area contributed by atoms with Crippen molar-refractivity contribution in [2.24, 2.45) is 0 Å². The largest absolute Gasteiger partial charge is 0.495 e. The Morgan fingerprint density at radius 2 is 1.79 bits per heavy atom. The normalized spacial score (nSPS) is 17.2. The minimum absolute atomic E-state index is 0.164. The number of para-hydroxylation sites is 1. The number of rotatable bonds is 4. The van der Waals surface area contributed by atoms with Crippen LogP contribution >= 0.6 is 0 Å². The molecule has 0 saturated carbocycles. The van der Waals surface area contributed by atoms with Gasteiger partial charge in [0.05, 0.1) is 7.11 Å². The smallest absolute Gasteiger partial charge is 0.246 e. The molecule has 0 aromatic heterocycles. The van der Waals surface area contributed by atoms with E-state index in [9.17, 15) is 13.2 Å². The molecule has 1 aliphatic rings. The van der Waals surface area contributed by atoms with Gasteiger partial charge in [-0.25, -0.2) is 8.42 Å². The Bertz CT molecular complexity index is 551. The number of piperazine rings is 1. The highest BCUT2D eigenvalue weighted by molar-refractivity contribution is 7.89. The standard InChI is InChI=1S/C12H16N2O4S/c1-18-11-4-2-3-5-12(11)19(16,17)14-8-6-13(10-15)7-9-14/h2-5,10H,6-9H2,1H3. The molecule has 2 rings (SSSR count). The molecule has 6 nitrogen and oxygen atoms in total. The van der Waals surface area contributed by atoms with E-state index >= 15 is 0 Å². The zero-order valence-corrected chi connectivity index (χ0v) is 11.5. The second kappa shape index (κ2) is 5.58. The number of amides is 1. The van der Waals surface area contributed by atoms with Gasteiger partial charge in [-0.05, 0) is 12.1 Å². The molecular weight excluding hydrogens is 268 g/mol. The van der Waals surface area contributed by atoms with Crippen molar-refractivity contribution in [1.82, 2.24) is 9.21 Å². The molecule has 0 spiro atoms. The van der Waals surface area contributed by atoms with Gasteiger partial charge in [0.25, 0.3) is 0 Å². The highest BCUT2D eigenvalue weighted by Crippen LogP contribution is 2.26. The Hall–Kier alpha value is -1.60. The van der Waals surface area contributed by atoms with Crippen LogP contribution in [0.25, 0.3) is 0 Å². The molecule has 0 aliphatic carbocycles. The first-order valence-corrected chi connectivity index (χ1v) is 7.36. The van der Waals surface area contributed by atoms with Crippen LogP contribution in [0.15, 0.2) is 29.2 Å². The quantitative estimate of drug-likeness (QED) is 0.739. The maximum atomic E-state index is 12.5. The predicted molar refractivity (Wildman–Crippen MR) is 69.4 cm³/mol. The Morgan fingerprint density at radius 1 is 1.16 bits per heavy atom. The summed E-state index contributed by atoms with van der Waals surface area (Å²) in [5.41, 5.74) is 0. The molecule has 19 heavy (non-hydrogen) atoms. The van der Waals surface area contributed by atoms with E-state index in [2.05, 4.69) is 0 Å². The summed E-state index contributed by atoms with van der Waals surface area (Å²) in [6.45, 7) is 1.44. The van der Waals surface area contributed by atoms with Gasteiger partial charge in [-0.3, -0.25) is 4.79 Å². The average molecular weight is 284 g/mol. The van der Waals surface area contributed by atoms with Gasteiger partial charge >= 0.3 is 0 Å². The summed E-state index contributed by atoms with van der Waals surface area (Å²) >= 11 is 0.